The van der Waals surface area contributed by atoms with Crippen molar-refractivity contribution in [3.8, 4) is 0 Å². The zero-order valence-corrected chi connectivity index (χ0v) is 8.08. The predicted octanol–water partition coefficient (Wildman–Crippen LogP) is 2.66. The van der Waals surface area contributed by atoms with E-state index in [1.54, 1.807) is 17.1 Å². The van der Waals surface area contributed by atoms with Crippen molar-refractivity contribution >= 4 is 11.4 Å². The highest BCUT2D eigenvalue weighted by atomic mass is 19.1. The zero-order valence-electron chi connectivity index (χ0n) is 8.08. The molecule has 0 aliphatic heterocycles. The Balaban J connectivity index is 2.83. The minimum Gasteiger partial charge on any atom is -0.269 e. The van der Waals surface area contributed by atoms with Gasteiger partial charge < -0.3 is 0 Å². The molecule has 1 rings (SSSR count). The van der Waals surface area contributed by atoms with Gasteiger partial charge in [-0.05, 0) is 38.1 Å². The largest absolute Gasteiger partial charge is 0.269 e. The molecule has 0 atom stereocenters. The summed E-state index contributed by atoms with van der Waals surface area (Å²) < 4.78 is 12.6. The summed E-state index contributed by atoms with van der Waals surface area (Å²) in [5.41, 5.74) is 1.84. The first-order valence-corrected chi connectivity index (χ1v) is 4.10. The van der Waals surface area contributed by atoms with Gasteiger partial charge in [0.25, 0.3) is 0 Å². The van der Waals surface area contributed by atoms with Crippen LogP contribution >= 0.6 is 0 Å². The molecule has 0 fully saturated rings. The van der Waals surface area contributed by atoms with Gasteiger partial charge in [-0.15, -0.1) is 0 Å². The number of nitrogens with zero attached hydrogens (tertiary/aromatic N) is 2. The van der Waals surface area contributed by atoms with E-state index in [-0.39, 0.29) is 5.82 Å². The molecule has 0 heterocycles. The second kappa shape index (κ2) is 4.03. The van der Waals surface area contributed by atoms with E-state index in [4.69, 9.17) is 0 Å². The molecule has 2 nitrogen and oxygen atoms in total. The lowest BCUT2D eigenvalue weighted by atomic mass is 10.3. The standard InChI is InChI=1S/C10H13FN2/c1-8(2)12-13(3)10-6-4-9(11)5-7-10/h4-7H,1-3H3. The van der Waals surface area contributed by atoms with Gasteiger partial charge in [0, 0.05) is 12.8 Å². The van der Waals surface area contributed by atoms with Crippen molar-refractivity contribution in [2.45, 2.75) is 13.8 Å². The van der Waals surface area contributed by atoms with Gasteiger partial charge >= 0.3 is 0 Å². The molecule has 1 aromatic rings. The van der Waals surface area contributed by atoms with Crippen molar-refractivity contribution in [2.24, 2.45) is 5.10 Å². The number of rotatable bonds is 2. The highest BCUT2D eigenvalue weighted by molar-refractivity contribution is 5.80. The van der Waals surface area contributed by atoms with Crippen LogP contribution in [0.4, 0.5) is 10.1 Å². The summed E-state index contributed by atoms with van der Waals surface area (Å²) in [5, 5.41) is 5.92. The summed E-state index contributed by atoms with van der Waals surface area (Å²) in [5.74, 6) is -0.227. The summed E-state index contributed by atoms with van der Waals surface area (Å²) in [6.45, 7) is 3.83. The predicted molar refractivity (Wildman–Crippen MR) is 53.6 cm³/mol. The summed E-state index contributed by atoms with van der Waals surface area (Å²) in [6.07, 6.45) is 0. The maximum atomic E-state index is 12.6. The fraction of sp³-hybridized carbons (Fsp3) is 0.300. The molecule has 0 spiro atoms. The fourth-order valence-corrected chi connectivity index (χ4v) is 1.01. The number of hydrazone groups is 1. The smallest absolute Gasteiger partial charge is 0.123 e. The Hall–Kier alpha value is -1.38. The Morgan fingerprint density at radius 2 is 1.77 bits per heavy atom. The van der Waals surface area contributed by atoms with Gasteiger partial charge in [-0.2, -0.15) is 5.10 Å². The second-order valence-electron chi connectivity index (χ2n) is 3.05. The van der Waals surface area contributed by atoms with Crippen LogP contribution in [0.25, 0.3) is 0 Å². The highest BCUT2D eigenvalue weighted by Crippen LogP contribution is 2.13. The molecule has 0 unspecified atom stereocenters. The molecule has 3 heteroatoms. The normalized spacial score (nSPS) is 9.54. The maximum Gasteiger partial charge on any atom is 0.123 e. The van der Waals surface area contributed by atoms with Crippen LogP contribution in [0, 0.1) is 5.82 Å². The van der Waals surface area contributed by atoms with Crippen molar-refractivity contribution < 1.29 is 4.39 Å². The number of benzene rings is 1. The van der Waals surface area contributed by atoms with Gasteiger partial charge in [0.15, 0.2) is 0 Å². The van der Waals surface area contributed by atoms with Crippen molar-refractivity contribution in [2.75, 3.05) is 12.1 Å². The fourth-order valence-electron chi connectivity index (χ4n) is 1.01. The van der Waals surface area contributed by atoms with Crippen molar-refractivity contribution in [3.63, 3.8) is 0 Å². The molecule has 70 valence electrons. The van der Waals surface area contributed by atoms with Gasteiger partial charge in [0.2, 0.25) is 0 Å². The molecule has 0 amide bonds. The van der Waals surface area contributed by atoms with Gasteiger partial charge in [0.1, 0.15) is 5.82 Å². The SMILES string of the molecule is CC(C)=NN(C)c1ccc(F)cc1. The van der Waals surface area contributed by atoms with E-state index in [9.17, 15) is 4.39 Å². The minimum atomic E-state index is -0.227. The number of anilines is 1. The topological polar surface area (TPSA) is 15.6 Å². The van der Waals surface area contributed by atoms with E-state index < -0.39 is 0 Å². The maximum absolute atomic E-state index is 12.6. The first-order valence-electron chi connectivity index (χ1n) is 4.10. The van der Waals surface area contributed by atoms with E-state index in [1.165, 1.54) is 12.1 Å². The third-order valence-electron chi connectivity index (χ3n) is 1.55. The zero-order chi connectivity index (χ0) is 9.84. The molecular weight excluding hydrogens is 167 g/mol. The average molecular weight is 180 g/mol. The lowest BCUT2D eigenvalue weighted by molar-refractivity contribution is 0.627. The average Bonchev–Trinajstić information content (AvgIpc) is 2.04. The monoisotopic (exact) mass is 180 g/mol. The van der Waals surface area contributed by atoms with Crippen molar-refractivity contribution in [1.82, 2.24) is 0 Å². The van der Waals surface area contributed by atoms with Crippen LogP contribution in [0.2, 0.25) is 0 Å². The Morgan fingerprint density at radius 3 is 2.23 bits per heavy atom. The van der Waals surface area contributed by atoms with E-state index in [2.05, 4.69) is 5.10 Å². The van der Waals surface area contributed by atoms with Crippen LogP contribution in [0.1, 0.15) is 13.8 Å². The van der Waals surface area contributed by atoms with Crippen LogP contribution in [-0.4, -0.2) is 12.8 Å². The lowest BCUT2D eigenvalue weighted by Crippen LogP contribution is -2.10. The van der Waals surface area contributed by atoms with Gasteiger partial charge in [-0.25, -0.2) is 4.39 Å². The van der Waals surface area contributed by atoms with Gasteiger partial charge in [-0.3, -0.25) is 5.01 Å². The molecule has 0 aromatic heterocycles. The lowest BCUT2D eigenvalue weighted by Gasteiger charge is -2.13. The molecule has 0 aliphatic carbocycles. The second-order valence-corrected chi connectivity index (χ2v) is 3.05. The van der Waals surface area contributed by atoms with Crippen LogP contribution in [0.5, 0.6) is 0 Å². The first-order chi connectivity index (χ1) is 6.09. The Kier molecular flexibility index (Phi) is 3.01. The molecule has 0 aliphatic rings. The highest BCUT2D eigenvalue weighted by Gasteiger charge is 1.97. The van der Waals surface area contributed by atoms with Crippen molar-refractivity contribution in [3.05, 3.63) is 30.1 Å². The molecule has 0 radical (unpaired) electrons. The van der Waals surface area contributed by atoms with Crippen LogP contribution in [0.3, 0.4) is 0 Å². The first kappa shape index (κ1) is 9.71. The molecule has 0 saturated heterocycles. The van der Waals surface area contributed by atoms with Crippen LogP contribution in [-0.2, 0) is 0 Å². The van der Waals surface area contributed by atoms with Crippen LogP contribution in [0.15, 0.2) is 29.4 Å². The molecule has 13 heavy (non-hydrogen) atoms. The number of halogens is 1. The third-order valence-corrected chi connectivity index (χ3v) is 1.55. The van der Waals surface area contributed by atoms with E-state index >= 15 is 0 Å². The van der Waals surface area contributed by atoms with E-state index in [1.807, 2.05) is 20.9 Å². The summed E-state index contributed by atoms with van der Waals surface area (Å²) in [4.78, 5) is 0. The molecule has 1 aromatic carbocycles. The van der Waals surface area contributed by atoms with Gasteiger partial charge in [-0.1, -0.05) is 0 Å². The van der Waals surface area contributed by atoms with Crippen molar-refractivity contribution in [1.29, 1.82) is 0 Å². The quantitative estimate of drug-likeness (QED) is 0.504. The Morgan fingerprint density at radius 1 is 1.23 bits per heavy atom. The van der Waals surface area contributed by atoms with E-state index in [0.29, 0.717) is 0 Å². The summed E-state index contributed by atoms with van der Waals surface area (Å²) in [6, 6.07) is 6.24. The molecular formula is C10H13FN2. The third kappa shape index (κ3) is 2.86. The number of hydrogen-bond donors (Lipinski definition) is 0. The van der Waals surface area contributed by atoms with Gasteiger partial charge in [0.05, 0.1) is 5.69 Å². The number of hydrogen-bond acceptors (Lipinski definition) is 2. The van der Waals surface area contributed by atoms with Crippen LogP contribution < -0.4 is 5.01 Å². The Labute approximate surface area is 77.7 Å². The molecule has 0 bridgehead atoms. The Bertz CT molecular complexity index is 299. The molecule has 0 N–H and O–H groups in total. The minimum absolute atomic E-state index is 0.227. The summed E-state index contributed by atoms with van der Waals surface area (Å²) in [7, 11) is 1.83. The summed E-state index contributed by atoms with van der Waals surface area (Å²) >= 11 is 0. The van der Waals surface area contributed by atoms with E-state index in [0.717, 1.165) is 11.4 Å². The molecule has 0 saturated carbocycles.